The molecule has 2 atom stereocenters. The molecule has 0 unspecified atom stereocenters. The van der Waals surface area contributed by atoms with Crippen molar-refractivity contribution >= 4 is 0 Å². The number of ether oxygens (including phenoxy) is 3. The number of nitrogens with zero attached hydrogens (tertiary/aromatic N) is 1. The van der Waals surface area contributed by atoms with Crippen molar-refractivity contribution in [3.63, 3.8) is 0 Å². The van der Waals surface area contributed by atoms with Crippen LogP contribution in [-0.4, -0.2) is 46.6 Å². The predicted molar refractivity (Wildman–Crippen MR) is 66.1 cm³/mol. The van der Waals surface area contributed by atoms with Gasteiger partial charge in [0.25, 0.3) is 0 Å². The first-order valence-corrected chi connectivity index (χ1v) is 6.29. The van der Waals surface area contributed by atoms with Crippen molar-refractivity contribution < 1.29 is 19.4 Å². The highest BCUT2D eigenvalue weighted by Gasteiger charge is 2.58. The van der Waals surface area contributed by atoms with E-state index < -0.39 is 17.1 Å². The molecule has 0 aliphatic carbocycles. The van der Waals surface area contributed by atoms with Crippen molar-refractivity contribution in [2.45, 2.75) is 57.3 Å². The molecule has 2 heterocycles. The number of rotatable bonds is 3. The van der Waals surface area contributed by atoms with Gasteiger partial charge < -0.3 is 19.4 Å². The zero-order chi connectivity index (χ0) is 13.6. The highest BCUT2D eigenvalue weighted by atomic mass is 16.7. The quantitative estimate of drug-likeness (QED) is 0.783. The molecule has 0 aromatic heterocycles. The van der Waals surface area contributed by atoms with E-state index in [9.17, 15) is 5.21 Å². The van der Waals surface area contributed by atoms with E-state index in [2.05, 4.69) is 6.58 Å². The van der Waals surface area contributed by atoms with E-state index in [0.29, 0.717) is 19.6 Å². The summed E-state index contributed by atoms with van der Waals surface area (Å²) >= 11 is 0. The second-order valence-electron chi connectivity index (χ2n) is 5.96. The van der Waals surface area contributed by atoms with Crippen molar-refractivity contribution in [3.05, 3.63) is 12.7 Å². The second-order valence-corrected chi connectivity index (χ2v) is 5.96. The average Bonchev–Trinajstić information content (AvgIpc) is 2.73. The molecule has 2 saturated heterocycles. The van der Waals surface area contributed by atoms with Crippen molar-refractivity contribution in [2.75, 3.05) is 13.2 Å². The van der Waals surface area contributed by atoms with Gasteiger partial charge in [-0.25, -0.2) is 0 Å². The van der Waals surface area contributed by atoms with Crippen LogP contribution in [0.2, 0.25) is 0 Å². The van der Waals surface area contributed by atoms with E-state index in [0.717, 1.165) is 0 Å². The third kappa shape index (κ3) is 2.10. The minimum atomic E-state index is -0.723. The zero-order valence-electron chi connectivity index (χ0n) is 11.6. The van der Waals surface area contributed by atoms with Gasteiger partial charge in [-0.05, 0) is 34.1 Å². The van der Waals surface area contributed by atoms with Crippen LogP contribution in [0.5, 0.6) is 0 Å². The summed E-state index contributed by atoms with van der Waals surface area (Å²) in [6, 6.07) is 0. The van der Waals surface area contributed by atoms with Gasteiger partial charge in [0.2, 0.25) is 0 Å². The lowest BCUT2D eigenvalue weighted by molar-refractivity contribution is -0.260. The fourth-order valence-corrected chi connectivity index (χ4v) is 2.67. The topological polar surface area (TPSA) is 51.2 Å². The minimum Gasteiger partial charge on any atom is -0.357 e. The first-order chi connectivity index (χ1) is 8.23. The van der Waals surface area contributed by atoms with Crippen LogP contribution in [0, 0.1) is 0 Å². The molecule has 0 spiro atoms. The largest absolute Gasteiger partial charge is 0.357 e. The Bertz CT molecular complexity index is 342. The Morgan fingerprint density at radius 2 is 2.00 bits per heavy atom. The summed E-state index contributed by atoms with van der Waals surface area (Å²) in [6.45, 7) is 12.0. The molecular formula is C13H23NO4. The highest BCUT2D eigenvalue weighted by Crippen LogP contribution is 2.42. The monoisotopic (exact) mass is 257 g/mol. The van der Waals surface area contributed by atoms with Crippen LogP contribution in [0.15, 0.2) is 12.7 Å². The van der Waals surface area contributed by atoms with Gasteiger partial charge in [0.15, 0.2) is 5.79 Å². The predicted octanol–water partition coefficient (Wildman–Crippen LogP) is 1.91. The van der Waals surface area contributed by atoms with Gasteiger partial charge in [-0.3, -0.25) is 0 Å². The van der Waals surface area contributed by atoms with Crippen molar-refractivity contribution in [3.8, 4) is 0 Å². The van der Waals surface area contributed by atoms with E-state index in [1.165, 1.54) is 5.06 Å². The molecule has 0 saturated carbocycles. The molecule has 2 rings (SSSR count). The van der Waals surface area contributed by atoms with Gasteiger partial charge in [0, 0.05) is 0 Å². The molecule has 5 nitrogen and oxygen atoms in total. The van der Waals surface area contributed by atoms with Gasteiger partial charge in [-0.1, -0.05) is 6.08 Å². The molecule has 2 fully saturated rings. The van der Waals surface area contributed by atoms with E-state index in [-0.39, 0.29) is 6.10 Å². The molecule has 2 aliphatic rings. The van der Waals surface area contributed by atoms with Crippen LogP contribution < -0.4 is 0 Å². The molecule has 2 aliphatic heterocycles. The summed E-state index contributed by atoms with van der Waals surface area (Å²) in [6.07, 6.45) is 2.12. The molecule has 5 heteroatoms. The van der Waals surface area contributed by atoms with Gasteiger partial charge in [0.1, 0.15) is 17.4 Å². The Hall–Kier alpha value is -0.460. The molecule has 0 aromatic rings. The summed E-state index contributed by atoms with van der Waals surface area (Å²) in [5.74, 6) is -0.619. The van der Waals surface area contributed by atoms with Crippen LogP contribution in [0.3, 0.4) is 0 Å². The van der Waals surface area contributed by atoms with Crippen molar-refractivity contribution in [1.29, 1.82) is 0 Å². The third-order valence-corrected chi connectivity index (χ3v) is 3.71. The van der Waals surface area contributed by atoms with Gasteiger partial charge >= 0.3 is 0 Å². The highest BCUT2D eigenvalue weighted by molar-refractivity contribution is 5.06. The molecule has 1 N–H and O–H groups in total. The van der Waals surface area contributed by atoms with Gasteiger partial charge in [0.05, 0.1) is 13.2 Å². The number of hydrogen-bond acceptors (Lipinski definition) is 5. The number of hydrogen-bond donors (Lipinski definition) is 1. The van der Waals surface area contributed by atoms with E-state index in [1.807, 2.05) is 27.7 Å². The minimum absolute atomic E-state index is 0.239. The Kier molecular flexibility index (Phi) is 3.32. The lowest BCUT2D eigenvalue weighted by Crippen LogP contribution is -2.58. The normalized spacial score (nSPS) is 39.1. The van der Waals surface area contributed by atoms with E-state index >= 15 is 0 Å². The summed E-state index contributed by atoms with van der Waals surface area (Å²) in [4.78, 5) is 0. The Labute approximate surface area is 108 Å². The molecule has 0 radical (unpaired) electrons. The standard InChI is InChI=1S/C13H23NO4/c1-6-7-13(9-17-11(2,3)14(13)15)10-8-16-12(4,5)18-10/h6,10,15H,1,7-9H2,2-5H3/t10-,13+/m0/s1. The lowest BCUT2D eigenvalue weighted by Gasteiger charge is -2.39. The SMILES string of the molecule is C=CC[C@]1([C@@H]2COC(C)(C)O2)COC(C)(C)N1O. The summed E-state index contributed by atoms with van der Waals surface area (Å²) < 4.78 is 17.2. The molecule has 0 amide bonds. The molecule has 18 heavy (non-hydrogen) atoms. The lowest BCUT2D eigenvalue weighted by atomic mass is 9.89. The fraction of sp³-hybridized carbons (Fsp3) is 0.846. The Balaban J connectivity index is 2.26. The molecular weight excluding hydrogens is 234 g/mol. The Morgan fingerprint density at radius 1 is 1.33 bits per heavy atom. The number of hydroxylamine groups is 2. The second kappa shape index (κ2) is 4.28. The first kappa shape index (κ1) is 14.0. The van der Waals surface area contributed by atoms with Crippen LogP contribution in [0.4, 0.5) is 0 Å². The first-order valence-electron chi connectivity index (χ1n) is 6.29. The van der Waals surface area contributed by atoms with Gasteiger partial charge in [-0.15, -0.1) is 11.6 Å². The van der Waals surface area contributed by atoms with Crippen LogP contribution in [0.25, 0.3) is 0 Å². The maximum absolute atomic E-state index is 10.5. The van der Waals surface area contributed by atoms with Crippen LogP contribution in [0.1, 0.15) is 34.1 Å². The van der Waals surface area contributed by atoms with Crippen molar-refractivity contribution in [1.82, 2.24) is 5.06 Å². The van der Waals surface area contributed by atoms with Crippen molar-refractivity contribution in [2.24, 2.45) is 0 Å². The van der Waals surface area contributed by atoms with E-state index in [1.54, 1.807) is 6.08 Å². The maximum atomic E-state index is 10.5. The Morgan fingerprint density at radius 3 is 2.39 bits per heavy atom. The molecule has 0 bridgehead atoms. The van der Waals surface area contributed by atoms with E-state index in [4.69, 9.17) is 14.2 Å². The van der Waals surface area contributed by atoms with Gasteiger partial charge in [-0.2, -0.15) is 0 Å². The van der Waals surface area contributed by atoms with Crippen LogP contribution >= 0.6 is 0 Å². The summed E-state index contributed by atoms with van der Waals surface area (Å²) in [5.41, 5.74) is -1.35. The average molecular weight is 257 g/mol. The fourth-order valence-electron chi connectivity index (χ4n) is 2.67. The smallest absolute Gasteiger partial charge is 0.163 e. The maximum Gasteiger partial charge on any atom is 0.163 e. The van der Waals surface area contributed by atoms with Crippen LogP contribution in [-0.2, 0) is 14.2 Å². The third-order valence-electron chi connectivity index (χ3n) is 3.71. The molecule has 104 valence electrons. The molecule has 0 aromatic carbocycles. The zero-order valence-corrected chi connectivity index (χ0v) is 11.6. The summed E-state index contributed by atoms with van der Waals surface area (Å²) in [5, 5.41) is 11.7. The summed E-state index contributed by atoms with van der Waals surface area (Å²) in [7, 11) is 0.